The van der Waals surface area contributed by atoms with E-state index in [-0.39, 0.29) is 11.5 Å². The second-order valence-electron chi connectivity index (χ2n) is 7.02. The van der Waals surface area contributed by atoms with Crippen LogP contribution in [0.3, 0.4) is 0 Å². The molecule has 1 unspecified atom stereocenters. The topological polar surface area (TPSA) is 82.4 Å². The monoisotopic (exact) mass is 513 g/mol. The standard InChI is InChI=1S/C23H20BrN3O4S/c1-13(21(28)26-18-10-16(30-2)8-9-19(18)31-3)27-12-25-22-20(23(27)29)17(11-32-22)14-4-6-15(24)7-5-14/h4-13H,1-3H3,(H,26,28). The van der Waals surface area contributed by atoms with Crippen molar-refractivity contribution in [2.75, 3.05) is 19.5 Å². The molecule has 9 heteroatoms. The van der Waals surface area contributed by atoms with Crippen molar-refractivity contribution in [3.8, 4) is 22.6 Å². The summed E-state index contributed by atoms with van der Waals surface area (Å²) in [5.41, 5.74) is 1.90. The van der Waals surface area contributed by atoms with E-state index in [9.17, 15) is 9.59 Å². The number of benzene rings is 2. The van der Waals surface area contributed by atoms with Gasteiger partial charge in [0.15, 0.2) is 0 Å². The second-order valence-corrected chi connectivity index (χ2v) is 8.80. The van der Waals surface area contributed by atoms with Crippen LogP contribution < -0.4 is 20.3 Å². The van der Waals surface area contributed by atoms with E-state index in [0.717, 1.165) is 15.6 Å². The molecule has 164 valence electrons. The Morgan fingerprint density at radius 1 is 1.16 bits per heavy atom. The Labute approximate surface area is 196 Å². The molecular weight excluding hydrogens is 494 g/mol. The Kier molecular flexibility index (Phi) is 6.29. The molecule has 0 bridgehead atoms. The number of fused-ring (bicyclic) bond motifs is 1. The molecule has 7 nitrogen and oxygen atoms in total. The highest BCUT2D eigenvalue weighted by Crippen LogP contribution is 2.32. The SMILES string of the molecule is COc1ccc(OC)c(NC(=O)C(C)n2cnc3scc(-c4ccc(Br)cc4)c3c2=O)c1. The number of rotatable bonds is 6. The summed E-state index contributed by atoms with van der Waals surface area (Å²) in [6, 6.07) is 12.0. The van der Waals surface area contributed by atoms with Crippen molar-refractivity contribution in [3.63, 3.8) is 0 Å². The third-order valence-corrected chi connectivity index (χ3v) is 6.55. The van der Waals surface area contributed by atoms with Crippen molar-refractivity contribution < 1.29 is 14.3 Å². The number of halogens is 1. The molecule has 1 N–H and O–H groups in total. The quantitative estimate of drug-likeness (QED) is 0.387. The number of hydrogen-bond acceptors (Lipinski definition) is 6. The van der Waals surface area contributed by atoms with Gasteiger partial charge in [-0.3, -0.25) is 14.2 Å². The molecule has 0 spiro atoms. The zero-order chi connectivity index (χ0) is 22.8. The molecule has 4 rings (SSSR count). The van der Waals surface area contributed by atoms with Crippen LogP contribution in [0.4, 0.5) is 5.69 Å². The molecule has 0 fully saturated rings. The van der Waals surface area contributed by atoms with Crippen LogP contribution in [0.2, 0.25) is 0 Å². The first-order chi connectivity index (χ1) is 15.4. The fourth-order valence-corrected chi connectivity index (χ4v) is 4.51. The minimum absolute atomic E-state index is 0.269. The maximum atomic E-state index is 13.4. The number of hydrogen-bond donors (Lipinski definition) is 1. The van der Waals surface area contributed by atoms with Crippen LogP contribution >= 0.6 is 27.3 Å². The molecule has 2 aromatic heterocycles. The van der Waals surface area contributed by atoms with Gasteiger partial charge in [0.2, 0.25) is 5.91 Å². The number of carbonyl (C=O) groups is 1. The molecule has 0 aliphatic carbocycles. The van der Waals surface area contributed by atoms with Crippen LogP contribution in [-0.2, 0) is 4.79 Å². The van der Waals surface area contributed by atoms with Crippen LogP contribution in [0.15, 0.2) is 63.4 Å². The van der Waals surface area contributed by atoms with E-state index in [2.05, 4.69) is 26.2 Å². The summed E-state index contributed by atoms with van der Waals surface area (Å²) in [5.74, 6) is 0.689. The summed E-state index contributed by atoms with van der Waals surface area (Å²) >= 11 is 4.83. The van der Waals surface area contributed by atoms with Crippen molar-refractivity contribution >= 4 is 49.1 Å². The second kappa shape index (κ2) is 9.13. The molecular formula is C23H20BrN3O4S. The third kappa shape index (κ3) is 4.13. The van der Waals surface area contributed by atoms with Crippen LogP contribution in [-0.4, -0.2) is 29.7 Å². The number of thiophene rings is 1. The van der Waals surface area contributed by atoms with E-state index >= 15 is 0 Å². The van der Waals surface area contributed by atoms with Crippen molar-refractivity contribution in [1.82, 2.24) is 9.55 Å². The lowest BCUT2D eigenvalue weighted by atomic mass is 10.1. The number of carbonyl (C=O) groups excluding carboxylic acids is 1. The van der Waals surface area contributed by atoms with Gasteiger partial charge in [0.1, 0.15) is 22.4 Å². The fraction of sp³-hybridized carbons (Fsp3) is 0.174. The number of nitrogens with zero attached hydrogens (tertiary/aromatic N) is 2. The summed E-state index contributed by atoms with van der Waals surface area (Å²) in [5, 5.41) is 5.24. The third-order valence-electron chi connectivity index (χ3n) is 5.14. The van der Waals surface area contributed by atoms with E-state index in [1.165, 1.54) is 29.3 Å². The van der Waals surface area contributed by atoms with Gasteiger partial charge in [-0.15, -0.1) is 11.3 Å². The number of amides is 1. The molecule has 0 aliphatic heterocycles. The Hall–Kier alpha value is -3.17. The molecule has 0 aliphatic rings. The van der Waals surface area contributed by atoms with Crippen molar-refractivity contribution in [1.29, 1.82) is 0 Å². The summed E-state index contributed by atoms with van der Waals surface area (Å²) < 4.78 is 12.9. The largest absolute Gasteiger partial charge is 0.497 e. The Morgan fingerprint density at radius 2 is 1.91 bits per heavy atom. The predicted molar refractivity (Wildman–Crippen MR) is 130 cm³/mol. The van der Waals surface area contributed by atoms with Crippen LogP contribution in [0, 0.1) is 0 Å². The lowest BCUT2D eigenvalue weighted by molar-refractivity contribution is -0.118. The highest BCUT2D eigenvalue weighted by molar-refractivity contribution is 9.10. The van der Waals surface area contributed by atoms with Gasteiger partial charge in [-0.1, -0.05) is 28.1 Å². The summed E-state index contributed by atoms with van der Waals surface area (Å²) in [6.07, 6.45) is 1.42. The molecule has 0 saturated heterocycles. The average molecular weight is 514 g/mol. The normalized spacial score (nSPS) is 11.9. The number of aromatic nitrogens is 2. The van der Waals surface area contributed by atoms with Gasteiger partial charge in [0.05, 0.1) is 31.6 Å². The number of ether oxygens (including phenoxy) is 2. The molecule has 2 heterocycles. The summed E-state index contributed by atoms with van der Waals surface area (Å²) in [7, 11) is 3.06. The first-order valence-electron chi connectivity index (χ1n) is 9.70. The van der Waals surface area contributed by atoms with E-state index in [1.54, 1.807) is 32.2 Å². The number of nitrogens with one attached hydrogen (secondary N) is 1. The van der Waals surface area contributed by atoms with Crippen molar-refractivity contribution in [3.05, 3.63) is 69.0 Å². The van der Waals surface area contributed by atoms with Gasteiger partial charge >= 0.3 is 0 Å². The van der Waals surface area contributed by atoms with E-state index < -0.39 is 6.04 Å². The predicted octanol–water partition coefficient (Wildman–Crippen LogP) is 5.10. The first-order valence-corrected chi connectivity index (χ1v) is 11.4. The minimum Gasteiger partial charge on any atom is -0.497 e. The summed E-state index contributed by atoms with van der Waals surface area (Å²) in [6.45, 7) is 1.66. The summed E-state index contributed by atoms with van der Waals surface area (Å²) in [4.78, 5) is 31.4. The molecule has 32 heavy (non-hydrogen) atoms. The van der Waals surface area contributed by atoms with Gasteiger partial charge in [-0.25, -0.2) is 4.98 Å². The highest BCUT2D eigenvalue weighted by atomic mass is 79.9. The number of anilines is 1. The fourth-order valence-electron chi connectivity index (χ4n) is 3.34. The lowest BCUT2D eigenvalue weighted by Gasteiger charge is -2.17. The smallest absolute Gasteiger partial charge is 0.263 e. The molecule has 0 radical (unpaired) electrons. The molecule has 1 amide bonds. The van der Waals surface area contributed by atoms with Gasteiger partial charge in [0.25, 0.3) is 5.56 Å². The van der Waals surface area contributed by atoms with Gasteiger partial charge < -0.3 is 14.8 Å². The zero-order valence-electron chi connectivity index (χ0n) is 17.6. The van der Waals surface area contributed by atoms with Gasteiger partial charge in [-0.05, 0) is 36.8 Å². The van der Waals surface area contributed by atoms with Gasteiger partial charge in [0, 0.05) is 21.5 Å². The Morgan fingerprint density at radius 3 is 2.59 bits per heavy atom. The Balaban J connectivity index is 1.70. The van der Waals surface area contributed by atoms with Crippen molar-refractivity contribution in [2.45, 2.75) is 13.0 Å². The van der Waals surface area contributed by atoms with E-state index in [0.29, 0.717) is 27.4 Å². The maximum absolute atomic E-state index is 13.4. The first kappa shape index (κ1) is 22.0. The minimum atomic E-state index is -0.798. The lowest BCUT2D eigenvalue weighted by Crippen LogP contribution is -2.31. The average Bonchev–Trinajstić information content (AvgIpc) is 3.24. The highest BCUT2D eigenvalue weighted by Gasteiger charge is 2.21. The number of methoxy groups -OCH3 is 2. The van der Waals surface area contributed by atoms with Crippen LogP contribution in [0.25, 0.3) is 21.3 Å². The molecule has 4 aromatic rings. The zero-order valence-corrected chi connectivity index (χ0v) is 20.0. The van der Waals surface area contributed by atoms with Gasteiger partial charge in [-0.2, -0.15) is 0 Å². The van der Waals surface area contributed by atoms with Crippen molar-refractivity contribution in [2.24, 2.45) is 0 Å². The molecule has 2 aromatic carbocycles. The van der Waals surface area contributed by atoms with E-state index in [1.807, 2.05) is 29.6 Å². The van der Waals surface area contributed by atoms with Crippen LogP contribution in [0.5, 0.6) is 11.5 Å². The van der Waals surface area contributed by atoms with Crippen LogP contribution in [0.1, 0.15) is 13.0 Å². The Bertz CT molecular complexity index is 1350. The molecule has 1 atom stereocenters. The molecule has 0 saturated carbocycles. The van der Waals surface area contributed by atoms with E-state index in [4.69, 9.17) is 9.47 Å². The maximum Gasteiger partial charge on any atom is 0.263 e.